The lowest BCUT2D eigenvalue weighted by atomic mass is 10.2. The van der Waals surface area contributed by atoms with Crippen molar-refractivity contribution in [3.05, 3.63) is 64.5 Å². The third-order valence-electron chi connectivity index (χ3n) is 4.90. The number of hydrogen-bond acceptors (Lipinski definition) is 8. The molecule has 31 heavy (non-hydrogen) atoms. The van der Waals surface area contributed by atoms with Gasteiger partial charge in [-0.1, -0.05) is 0 Å². The Morgan fingerprint density at radius 3 is 2.26 bits per heavy atom. The molecule has 13 heteroatoms. The van der Waals surface area contributed by atoms with Gasteiger partial charge < -0.3 is 0 Å². The molecule has 0 atom stereocenters. The van der Waals surface area contributed by atoms with E-state index in [9.17, 15) is 22.9 Å². The van der Waals surface area contributed by atoms with E-state index in [0.29, 0.717) is 31.1 Å². The molecule has 0 radical (unpaired) electrons. The summed E-state index contributed by atoms with van der Waals surface area (Å²) < 4.78 is 40.0. The fraction of sp³-hybridized carbons (Fsp3) is 0.278. The highest BCUT2D eigenvalue weighted by atomic mass is 32.2. The Kier molecular flexibility index (Phi) is 5.71. The van der Waals surface area contributed by atoms with Gasteiger partial charge in [0.05, 0.1) is 9.82 Å². The van der Waals surface area contributed by atoms with E-state index in [0.717, 1.165) is 0 Å². The molecule has 2 heterocycles. The first kappa shape index (κ1) is 21.0. The minimum absolute atomic E-state index is 0.0217. The zero-order valence-electron chi connectivity index (χ0n) is 16.2. The molecule has 1 aliphatic heterocycles. The number of sulfonamides is 1. The highest BCUT2D eigenvalue weighted by molar-refractivity contribution is 7.89. The summed E-state index contributed by atoms with van der Waals surface area (Å²) in [5, 5.41) is 23.0. The fourth-order valence-electron chi connectivity index (χ4n) is 3.20. The Morgan fingerprint density at radius 1 is 1.00 bits per heavy atom. The van der Waals surface area contributed by atoms with Crippen LogP contribution in [0.15, 0.2) is 53.4 Å². The Labute approximate surface area is 176 Å². The molecule has 162 valence electrons. The summed E-state index contributed by atoms with van der Waals surface area (Å²) in [4.78, 5) is 13.6. The number of nitro benzene ring substituents is 1. The number of tetrazole rings is 1. The molecule has 2 aromatic carbocycles. The molecular formula is C18H18FN7O4S. The predicted octanol–water partition coefficient (Wildman–Crippen LogP) is 1.35. The van der Waals surface area contributed by atoms with Gasteiger partial charge in [0.1, 0.15) is 12.5 Å². The van der Waals surface area contributed by atoms with Crippen molar-refractivity contribution in [2.75, 3.05) is 26.2 Å². The van der Waals surface area contributed by atoms with Crippen LogP contribution in [0, 0.1) is 15.9 Å². The number of rotatable bonds is 6. The summed E-state index contributed by atoms with van der Waals surface area (Å²) in [7, 11) is -3.73. The molecule has 4 rings (SSSR count). The van der Waals surface area contributed by atoms with E-state index in [1.807, 2.05) is 4.90 Å². The van der Waals surface area contributed by atoms with E-state index < -0.39 is 14.9 Å². The third-order valence-corrected chi connectivity index (χ3v) is 6.81. The molecule has 3 aromatic rings. The number of benzene rings is 2. The molecule has 1 fully saturated rings. The molecule has 0 amide bonds. The topological polar surface area (TPSA) is 127 Å². The second-order valence-corrected chi connectivity index (χ2v) is 8.84. The summed E-state index contributed by atoms with van der Waals surface area (Å²) in [5.41, 5.74) is 0.482. The van der Waals surface area contributed by atoms with Crippen LogP contribution in [0.3, 0.4) is 0 Å². The minimum Gasteiger partial charge on any atom is -0.280 e. The molecule has 1 aliphatic rings. The Balaban J connectivity index is 1.36. The molecule has 11 nitrogen and oxygen atoms in total. The number of nitro groups is 1. The van der Waals surface area contributed by atoms with Crippen LogP contribution in [0.1, 0.15) is 0 Å². The van der Waals surface area contributed by atoms with E-state index >= 15 is 0 Å². The van der Waals surface area contributed by atoms with Crippen LogP contribution in [-0.2, 0) is 16.7 Å². The lowest BCUT2D eigenvalue weighted by molar-refractivity contribution is -0.384. The summed E-state index contributed by atoms with van der Waals surface area (Å²) in [6.07, 6.45) is 0. The zero-order chi connectivity index (χ0) is 22.0. The van der Waals surface area contributed by atoms with Crippen LogP contribution >= 0.6 is 0 Å². The summed E-state index contributed by atoms with van der Waals surface area (Å²) >= 11 is 0. The average molecular weight is 447 g/mol. The summed E-state index contributed by atoms with van der Waals surface area (Å²) in [5.74, 6) is 0.0251. The average Bonchev–Trinajstić information content (AvgIpc) is 3.23. The van der Waals surface area contributed by atoms with Crippen molar-refractivity contribution in [1.29, 1.82) is 0 Å². The number of nitrogens with zero attached hydrogens (tertiary/aromatic N) is 7. The molecular weight excluding hydrogens is 429 g/mol. The van der Waals surface area contributed by atoms with Crippen LogP contribution in [-0.4, -0.2) is 68.9 Å². The van der Waals surface area contributed by atoms with Crippen LogP contribution in [0.4, 0.5) is 10.1 Å². The fourth-order valence-corrected chi connectivity index (χ4v) is 4.62. The first-order valence-corrected chi connectivity index (χ1v) is 10.8. The van der Waals surface area contributed by atoms with Gasteiger partial charge in [-0.3, -0.25) is 15.0 Å². The number of halogens is 1. The molecule has 0 bridgehead atoms. The Bertz CT molecular complexity index is 1170. The van der Waals surface area contributed by atoms with Crippen LogP contribution < -0.4 is 0 Å². The molecule has 0 spiro atoms. The van der Waals surface area contributed by atoms with Crippen molar-refractivity contribution >= 4 is 15.7 Å². The number of aromatic nitrogens is 4. The molecule has 0 saturated carbocycles. The van der Waals surface area contributed by atoms with Crippen molar-refractivity contribution in [2.24, 2.45) is 0 Å². The maximum atomic E-state index is 13.0. The minimum atomic E-state index is -3.73. The number of hydrogen-bond donors (Lipinski definition) is 0. The standard InChI is InChI=1S/C18H18FN7O4S/c19-15-3-1-14(2-4-15)18-20-22-25(21-18)13-23-9-11-24(12-10-23)31(29,30)17-7-5-16(6-8-17)26(27)28/h1-8H,9-13H2. The zero-order valence-corrected chi connectivity index (χ0v) is 17.0. The van der Waals surface area contributed by atoms with Crippen molar-refractivity contribution in [2.45, 2.75) is 11.6 Å². The number of piperazine rings is 1. The van der Waals surface area contributed by atoms with Gasteiger partial charge in [-0.05, 0) is 41.6 Å². The maximum absolute atomic E-state index is 13.0. The quantitative estimate of drug-likeness (QED) is 0.409. The predicted molar refractivity (Wildman–Crippen MR) is 107 cm³/mol. The van der Waals surface area contributed by atoms with Gasteiger partial charge in [0.15, 0.2) is 0 Å². The van der Waals surface area contributed by atoms with Crippen LogP contribution in [0.5, 0.6) is 0 Å². The number of non-ortho nitro benzene ring substituents is 1. The highest BCUT2D eigenvalue weighted by Crippen LogP contribution is 2.21. The first-order chi connectivity index (χ1) is 14.8. The van der Waals surface area contributed by atoms with Crippen LogP contribution in [0.2, 0.25) is 0 Å². The van der Waals surface area contributed by atoms with Crippen molar-refractivity contribution < 1.29 is 17.7 Å². The van der Waals surface area contributed by atoms with Crippen molar-refractivity contribution in [3.8, 4) is 11.4 Å². The first-order valence-electron chi connectivity index (χ1n) is 9.34. The van der Waals surface area contributed by atoms with Gasteiger partial charge in [0.25, 0.3) is 5.69 Å². The smallest absolute Gasteiger partial charge is 0.269 e. The highest BCUT2D eigenvalue weighted by Gasteiger charge is 2.29. The van der Waals surface area contributed by atoms with Gasteiger partial charge in [0.2, 0.25) is 15.8 Å². The molecule has 0 aliphatic carbocycles. The largest absolute Gasteiger partial charge is 0.280 e. The lowest BCUT2D eigenvalue weighted by Gasteiger charge is -2.33. The molecule has 1 aromatic heterocycles. The van der Waals surface area contributed by atoms with E-state index in [-0.39, 0.29) is 29.5 Å². The van der Waals surface area contributed by atoms with E-state index in [2.05, 4.69) is 15.4 Å². The third kappa shape index (κ3) is 4.57. The van der Waals surface area contributed by atoms with Gasteiger partial charge in [0, 0.05) is 43.9 Å². The Hall–Kier alpha value is -3.29. The Morgan fingerprint density at radius 2 is 1.65 bits per heavy atom. The summed E-state index contributed by atoms with van der Waals surface area (Å²) in [6.45, 7) is 1.77. The second-order valence-electron chi connectivity index (χ2n) is 6.91. The molecule has 0 N–H and O–H groups in total. The van der Waals surface area contributed by atoms with Crippen molar-refractivity contribution in [1.82, 2.24) is 29.4 Å². The van der Waals surface area contributed by atoms with Gasteiger partial charge in [-0.25, -0.2) is 12.8 Å². The monoisotopic (exact) mass is 447 g/mol. The van der Waals surface area contributed by atoms with E-state index in [1.165, 1.54) is 45.5 Å². The summed E-state index contributed by atoms with van der Waals surface area (Å²) in [6, 6.07) is 10.6. The SMILES string of the molecule is O=[N+]([O-])c1ccc(S(=O)(=O)N2CCN(Cn3nnc(-c4ccc(F)cc4)n3)CC2)cc1. The van der Waals surface area contributed by atoms with Crippen LogP contribution in [0.25, 0.3) is 11.4 Å². The van der Waals surface area contributed by atoms with E-state index in [4.69, 9.17) is 0 Å². The lowest BCUT2D eigenvalue weighted by Crippen LogP contribution is -2.49. The molecule has 0 unspecified atom stereocenters. The van der Waals surface area contributed by atoms with E-state index in [1.54, 1.807) is 12.1 Å². The second kappa shape index (κ2) is 8.45. The van der Waals surface area contributed by atoms with Gasteiger partial charge in [-0.15, -0.1) is 15.0 Å². The van der Waals surface area contributed by atoms with Crippen molar-refractivity contribution in [3.63, 3.8) is 0 Å². The maximum Gasteiger partial charge on any atom is 0.269 e. The van der Waals surface area contributed by atoms with Gasteiger partial charge >= 0.3 is 0 Å². The van der Waals surface area contributed by atoms with Gasteiger partial charge in [-0.2, -0.15) is 4.31 Å². The normalized spacial score (nSPS) is 15.8. The molecule has 1 saturated heterocycles.